The van der Waals surface area contributed by atoms with E-state index in [0.29, 0.717) is 36.0 Å². The van der Waals surface area contributed by atoms with Crippen LogP contribution >= 0.6 is 0 Å². The van der Waals surface area contributed by atoms with Gasteiger partial charge < -0.3 is 23.8 Å². The van der Waals surface area contributed by atoms with Gasteiger partial charge in [-0.15, -0.1) is 0 Å². The number of ether oxygens (including phenoxy) is 4. The SMILES string of the molecule is COc1ccc([C@H]2c3cc(OC)c(OC)cc3CCN2C(=O)c2cccc([N+](=O)[O-])c2)cc1OC. The fraction of sp³-hybridized carbons (Fsp3) is 0.269. The first-order valence-electron chi connectivity index (χ1n) is 10.9. The van der Waals surface area contributed by atoms with Gasteiger partial charge in [0.1, 0.15) is 0 Å². The summed E-state index contributed by atoms with van der Waals surface area (Å²) in [7, 11) is 6.25. The molecule has 1 atom stereocenters. The molecule has 182 valence electrons. The van der Waals surface area contributed by atoms with Gasteiger partial charge in [-0.2, -0.15) is 0 Å². The first-order chi connectivity index (χ1) is 16.9. The Balaban J connectivity index is 1.88. The lowest BCUT2D eigenvalue weighted by atomic mass is 9.87. The lowest BCUT2D eigenvalue weighted by Gasteiger charge is -2.38. The molecule has 35 heavy (non-hydrogen) atoms. The van der Waals surface area contributed by atoms with E-state index >= 15 is 0 Å². The predicted molar refractivity (Wildman–Crippen MR) is 129 cm³/mol. The molecule has 0 radical (unpaired) electrons. The summed E-state index contributed by atoms with van der Waals surface area (Å²) in [5.41, 5.74) is 2.80. The maximum Gasteiger partial charge on any atom is 0.270 e. The molecule has 1 amide bonds. The largest absolute Gasteiger partial charge is 0.493 e. The number of fused-ring (bicyclic) bond motifs is 1. The summed E-state index contributed by atoms with van der Waals surface area (Å²) < 4.78 is 21.9. The molecule has 0 aromatic heterocycles. The lowest BCUT2D eigenvalue weighted by molar-refractivity contribution is -0.384. The van der Waals surface area contributed by atoms with Gasteiger partial charge >= 0.3 is 0 Å². The van der Waals surface area contributed by atoms with E-state index in [0.717, 1.165) is 16.7 Å². The molecular weight excluding hydrogens is 452 g/mol. The Morgan fingerprint density at radius 3 is 2.20 bits per heavy atom. The zero-order valence-corrected chi connectivity index (χ0v) is 19.9. The Morgan fingerprint density at radius 2 is 1.54 bits per heavy atom. The number of non-ortho nitro benzene ring substituents is 1. The Morgan fingerprint density at radius 1 is 0.886 bits per heavy atom. The molecule has 0 aliphatic carbocycles. The van der Waals surface area contributed by atoms with Crippen molar-refractivity contribution in [3.63, 3.8) is 0 Å². The predicted octanol–water partition coefficient (Wildman–Crippen LogP) is 4.42. The van der Waals surface area contributed by atoms with Crippen molar-refractivity contribution in [1.29, 1.82) is 0 Å². The number of nitro benzene ring substituents is 1. The average molecular weight is 479 g/mol. The van der Waals surface area contributed by atoms with Gasteiger partial charge in [-0.05, 0) is 53.4 Å². The van der Waals surface area contributed by atoms with E-state index in [-0.39, 0.29) is 17.2 Å². The van der Waals surface area contributed by atoms with E-state index in [4.69, 9.17) is 18.9 Å². The van der Waals surface area contributed by atoms with Gasteiger partial charge in [0.15, 0.2) is 23.0 Å². The number of amides is 1. The number of benzene rings is 3. The van der Waals surface area contributed by atoms with Gasteiger partial charge in [-0.3, -0.25) is 14.9 Å². The second-order valence-electron chi connectivity index (χ2n) is 7.98. The quantitative estimate of drug-likeness (QED) is 0.366. The Hall–Kier alpha value is -4.27. The summed E-state index contributed by atoms with van der Waals surface area (Å²) >= 11 is 0. The molecular formula is C26H26N2O7. The van der Waals surface area contributed by atoms with Crippen molar-refractivity contribution in [2.24, 2.45) is 0 Å². The number of hydrogen-bond donors (Lipinski definition) is 0. The van der Waals surface area contributed by atoms with Crippen LogP contribution in [0.2, 0.25) is 0 Å². The van der Waals surface area contributed by atoms with Crippen LogP contribution in [0, 0.1) is 10.1 Å². The van der Waals surface area contributed by atoms with Crippen LogP contribution in [0.1, 0.15) is 33.1 Å². The van der Waals surface area contributed by atoms with E-state index in [1.165, 1.54) is 18.2 Å². The number of nitrogens with zero attached hydrogens (tertiary/aromatic N) is 2. The van der Waals surface area contributed by atoms with Gasteiger partial charge in [-0.25, -0.2) is 0 Å². The zero-order valence-electron chi connectivity index (χ0n) is 19.9. The third-order valence-electron chi connectivity index (χ3n) is 6.16. The van der Waals surface area contributed by atoms with Crippen molar-refractivity contribution < 1.29 is 28.7 Å². The van der Waals surface area contributed by atoms with Crippen molar-refractivity contribution in [3.8, 4) is 23.0 Å². The molecule has 0 unspecified atom stereocenters. The number of methoxy groups -OCH3 is 4. The molecule has 0 fully saturated rings. The molecule has 0 N–H and O–H groups in total. The van der Waals surface area contributed by atoms with E-state index in [2.05, 4.69) is 0 Å². The summed E-state index contributed by atoms with van der Waals surface area (Å²) in [4.78, 5) is 26.2. The van der Waals surface area contributed by atoms with Crippen LogP contribution in [0.25, 0.3) is 0 Å². The van der Waals surface area contributed by atoms with Gasteiger partial charge in [0, 0.05) is 24.2 Å². The first-order valence-corrected chi connectivity index (χ1v) is 10.9. The molecule has 1 aliphatic rings. The minimum absolute atomic E-state index is 0.137. The molecule has 0 bridgehead atoms. The molecule has 1 aliphatic heterocycles. The molecule has 3 aromatic carbocycles. The van der Waals surface area contributed by atoms with Crippen molar-refractivity contribution >= 4 is 11.6 Å². The minimum Gasteiger partial charge on any atom is -0.493 e. The molecule has 4 rings (SSSR count). The lowest BCUT2D eigenvalue weighted by Crippen LogP contribution is -2.40. The van der Waals surface area contributed by atoms with Crippen molar-refractivity contribution in [3.05, 3.63) is 87.0 Å². The molecule has 0 saturated carbocycles. The summed E-state index contributed by atoms with van der Waals surface area (Å²) in [5.74, 6) is 1.93. The second kappa shape index (κ2) is 9.92. The fourth-order valence-electron chi connectivity index (χ4n) is 4.47. The van der Waals surface area contributed by atoms with Crippen LogP contribution in [0.15, 0.2) is 54.6 Å². The van der Waals surface area contributed by atoms with E-state index in [9.17, 15) is 14.9 Å². The monoisotopic (exact) mass is 478 g/mol. The van der Waals surface area contributed by atoms with Crippen LogP contribution in [0.3, 0.4) is 0 Å². The van der Waals surface area contributed by atoms with Crippen LogP contribution in [-0.4, -0.2) is 50.7 Å². The van der Waals surface area contributed by atoms with Crippen LogP contribution in [0.4, 0.5) is 5.69 Å². The maximum atomic E-state index is 13.7. The minimum atomic E-state index is -0.509. The Kier molecular flexibility index (Phi) is 6.77. The zero-order chi connectivity index (χ0) is 25.1. The van der Waals surface area contributed by atoms with Gasteiger partial charge in [0.2, 0.25) is 0 Å². The normalized spacial score (nSPS) is 14.6. The van der Waals surface area contributed by atoms with Crippen molar-refractivity contribution in [2.45, 2.75) is 12.5 Å². The topological polar surface area (TPSA) is 100 Å². The van der Waals surface area contributed by atoms with Gasteiger partial charge in [0.25, 0.3) is 11.6 Å². The summed E-state index contributed by atoms with van der Waals surface area (Å²) in [6.07, 6.45) is 0.583. The molecule has 3 aromatic rings. The smallest absolute Gasteiger partial charge is 0.270 e. The highest BCUT2D eigenvalue weighted by Gasteiger charge is 2.34. The fourth-order valence-corrected chi connectivity index (χ4v) is 4.47. The second-order valence-corrected chi connectivity index (χ2v) is 7.98. The Labute approximate surface area is 202 Å². The highest BCUT2D eigenvalue weighted by molar-refractivity contribution is 5.95. The van der Waals surface area contributed by atoms with E-state index < -0.39 is 11.0 Å². The van der Waals surface area contributed by atoms with E-state index in [1.807, 2.05) is 24.3 Å². The third kappa shape index (κ3) is 4.44. The summed E-state index contributed by atoms with van der Waals surface area (Å²) in [6.45, 7) is 0.406. The number of carbonyl (C=O) groups is 1. The molecule has 9 nitrogen and oxygen atoms in total. The van der Waals surface area contributed by atoms with Crippen molar-refractivity contribution in [1.82, 2.24) is 4.90 Å². The summed E-state index contributed by atoms with van der Waals surface area (Å²) in [6, 6.07) is 14.6. The highest BCUT2D eigenvalue weighted by atomic mass is 16.6. The van der Waals surface area contributed by atoms with Crippen LogP contribution in [-0.2, 0) is 6.42 Å². The van der Waals surface area contributed by atoms with Crippen molar-refractivity contribution in [2.75, 3.05) is 35.0 Å². The summed E-state index contributed by atoms with van der Waals surface area (Å²) in [5, 5.41) is 11.3. The van der Waals surface area contributed by atoms with Crippen LogP contribution < -0.4 is 18.9 Å². The van der Waals surface area contributed by atoms with Gasteiger partial charge in [-0.1, -0.05) is 12.1 Å². The highest BCUT2D eigenvalue weighted by Crippen LogP contribution is 2.43. The third-order valence-corrected chi connectivity index (χ3v) is 6.16. The number of carbonyl (C=O) groups excluding carboxylic acids is 1. The molecule has 0 spiro atoms. The number of hydrogen-bond acceptors (Lipinski definition) is 7. The molecule has 1 heterocycles. The number of rotatable bonds is 7. The molecule has 0 saturated heterocycles. The number of nitro groups is 1. The first kappa shape index (κ1) is 23.9. The van der Waals surface area contributed by atoms with Gasteiger partial charge in [0.05, 0.1) is 39.4 Å². The molecule has 9 heteroatoms. The Bertz CT molecular complexity index is 1270. The average Bonchev–Trinajstić information content (AvgIpc) is 2.90. The van der Waals surface area contributed by atoms with E-state index in [1.54, 1.807) is 45.5 Å². The van der Waals surface area contributed by atoms with Crippen LogP contribution in [0.5, 0.6) is 23.0 Å². The standard InChI is InChI=1S/C26H26N2O7/c1-32-21-9-8-17(14-22(21)33-2)25-20-15-24(35-4)23(34-3)13-16(20)10-11-27(25)26(29)18-6-5-7-19(12-18)28(30)31/h5-9,12-15,25H,10-11H2,1-4H3/t25-/m0/s1. The maximum absolute atomic E-state index is 13.7.